The molecule has 6 nitrogen and oxygen atoms in total. The first-order valence-corrected chi connectivity index (χ1v) is 7.91. The van der Waals surface area contributed by atoms with Crippen molar-refractivity contribution in [3.8, 4) is 0 Å². The number of halogens is 1. The van der Waals surface area contributed by atoms with Crippen LogP contribution in [0, 0.1) is 10.1 Å². The first-order valence-electron chi connectivity index (χ1n) is 7.53. The molecule has 1 amide bonds. The van der Waals surface area contributed by atoms with Gasteiger partial charge in [0.25, 0.3) is 5.69 Å². The third-order valence-electron chi connectivity index (χ3n) is 3.83. The molecule has 0 aromatic heterocycles. The van der Waals surface area contributed by atoms with Gasteiger partial charge in [-0.1, -0.05) is 35.9 Å². The van der Waals surface area contributed by atoms with E-state index >= 15 is 0 Å². The Morgan fingerprint density at radius 2 is 2.08 bits per heavy atom. The van der Waals surface area contributed by atoms with Crippen molar-refractivity contribution >= 4 is 40.3 Å². The monoisotopic (exact) mass is 355 g/mol. The van der Waals surface area contributed by atoms with Crippen molar-refractivity contribution < 1.29 is 9.72 Å². The lowest BCUT2D eigenvalue weighted by molar-refractivity contribution is -0.384. The molecule has 0 spiro atoms. The van der Waals surface area contributed by atoms with Crippen LogP contribution in [-0.2, 0) is 4.79 Å². The largest absolute Gasteiger partial charge is 0.306 e. The Kier molecular flexibility index (Phi) is 4.63. The van der Waals surface area contributed by atoms with Gasteiger partial charge < -0.3 is 4.90 Å². The van der Waals surface area contributed by atoms with Gasteiger partial charge in [0.05, 0.1) is 28.4 Å². The lowest BCUT2D eigenvalue weighted by atomic mass is 10.1. The molecule has 2 aromatic rings. The Balaban J connectivity index is 2.20. The molecule has 0 aliphatic carbocycles. The second-order valence-corrected chi connectivity index (χ2v) is 5.85. The second-order valence-electron chi connectivity index (χ2n) is 5.44. The Morgan fingerprint density at radius 1 is 1.32 bits per heavy atom. The van der Waals surface area contributed by atoms with E-state index in [1.54, 1.807) is 30.3 Å². The Hall–Kier alpha value is -2.99. The summed E-state index contributed by atoms with van der Waals surface area (Å²) in [4.78, 5) is 29.3. The summed E-state index contributed by atoms with van der Waals surface area (Å²) < 4.78 is 0. The van der Waals surface area contributed by atoms with Gasteiger partial charge in [-0.25, -0.2) is 4.99 Å². The number of fused-ring (bicyclic) bond motifs is 1. The SMILES string of the molecule is C=CCN1C(=O)CC(c2ccccc2Cl)=Nc2cc([N+](=O)[O-])ccc21. The fourth-order valence-corrected chi connectivity index (χ4v) is 2.93. The van der Waals surface area contributed by atoms with E-state index in [0.717, 1.165) is 0 Å². The molecule has 25 heavy (non-hydrogen) atoms. The molecule has 0 atom stereocenters. The lowest BCUT2D eigenvalue weighted by Gasteiger charge is -2.20. The molecule has 126 valence electrons. The van der Waals surface area contributed by atoms with E-state index in [9.17, 15) is 14.9 Å². The number of aliphatic imine (C=N–C) groups is 1. The van der Waals surface area contributed by atoms with Crippen LogP contribution in [0.15, 0.2) is 60.1 Å². The van der Waals surface area contributed by atoms with Crippen molar-refractivity contribution in [3.05, 3.63) is 75.8 Å². The summed E-state index contributed by atoms with van der Waals surface area (Å²) in [5, 5.41) is 11.6. The number of amides is 1. The molecular weight excluding hydrogens is 342 g/mol. The Bertz CT molecular complexity index is 908. The standard InChI is InChI=1S/C18H14ClN3O3/c1-2-9-21-17-8-7-12(22(24)25)10-16(17)20-15(11-18(21)23)13-5-3-4-6-14(13)19/h2-8,10H,1,9,11H2. The van der Waals surface area contributed by atoms with Crippen LogP contribution < -0.4 is 4.90 Å². The third kappa shape index (κ3) is 3.29. The molecule has 1 heterocycles. The predicted molar refractivity (Wildman–Crippen MR) is 97.9 cm³/mol. The number of nitro groups is 1. The summed E-state index contributed by atoms with van der Waals surface area (Å²) in [5.41, 5.74) is 1.89. The van der Waals surface area contributed by atoms with Crippen LogP contribution in [0.25, 0.3) is 0 Å². The second kappa shape index (κ2) is 6.86. The van der Waals surface area contributed by atoms with Crippen molar-refractivity contribution in [2.45, 2.75) is 6.42 Å². The molecule has 0 saturated heterocycles. The summed E-state index contributed by atoms with van der Waals surface area (Å²) >= 11 is 6.23. The minimum absolute atomic E-state index is 0.0417. The number of non-ortho nitro benzene ring substituents is 1. The van der Waals surface area contributed by atoms with Crippen LogP contribution in [0.4, 0.5) is 17.1 Å². The molecule has 0 N–H and O–H groups in total. The molecule has 1 aliphatic rings. The van der Waals surface area contributed by atoms with Crippen molar-refractivity contribution in [2.24, 2.45) is 4.99 Å². The number of nitro benzene ring substituents is 1. The molecule has 0 saturated carbocycles. The molecule has 1 aliphatic heterocycles. The lowest BCUT2D eigenvalue weighted by Crippen LogP contribution is -2.31. The van der Waals surface area contributed by atoms with Crippen molar-refractivity contribution in [2.75, 3.05) is 11.4 Å². The maximum Gasteiger partial charge on any atom is 0.271 e. The Labute approximate surface area is 149 Å². The van der Waals surface area contributed by atoms with Crippen LogP contribution >= 0.6 is 11.6 Å². The van der Waals surface area contributed by atoms with Crippen molar-refractivity contribution in [1.29, 1.82) is 0 Å². The van der Waals surface area contributed by atoms with E-state index in [1.807, 2.05) is 0 Å². The smallest absolute Gasteiger partial charge is 0.271 e. The average molecular weight is 356 g/mol. The number of nitrogens with zero attached hydrogens (tertiary/aromatic N) is 3. The highest BCUT2D eigenvalue weighted by molar-refractivity contribution is 6.35. The molecule has 0 unspecified atom stereocenters. The normalized spacial score (nSPS) is 13.7. The van der Waals surface area contributed by atoms with E-state index in [0.29, 0.717) is 27.7 Å². The number of carbonyl (C=O) groups is 1. The molecule has 2 aromatic carbocycles. The highest BCUT2D eigenvalue weighted by Gasteiger charge is 2.26. The first kappa shape index (κ1) is 16.9. The van der Waals surface area contributed by atoms with Crippen LogP contribution in [-0.4, -0.2) is 23.1 Å². The molecule has 3 rings (SSSR count). The molecule has 0 radical (unpaired) electrons. The van der Waals surface area contributed by atoms with E-state index in [2.05, 4.69) is 11.6 Å². The minimum Gasteiger partial charge on any atom is -0.306 e. The van der Waals surface area contributed by atoms with Gasteiger partial charge in [0.1, 0.15) is 0 Å². The number of benzene rings is 2. The zero-order valence-electron chi connectivity index (χ0n) is 13.2. The van der Waals surface area contributed by atoms with Gasteiger partial charge in [0, 0.05) is 29.3 Å². The highest BCUT2D eigenvalue weighted by Crippen LogP contribution is 2.36. The van der Waals surface area contributed by atoms with Gasteiger partial charge in [-0.2, -0.15) is 0 Å². The summed E-state index contributed by atoms with van der Waals surface area (Å²) in [5.74, 6) is -0.175. The average Bonchev–Trinajstić information content (AvgIpc) is 2.72. The van der Waals surface area contributed by atoms with Crippen molar-refractivity contribution in [1.82, 2.24) is 0 Å². The van der Waals surface area contributed by atoms with Crippen LogP contribution in [0.5, 0.6) is 0 Å². The molecule has 0 fully saturated rings. The summed E-state index contributed by atoms with van der Waals surface area (Å²) in [6.07, 6.45) is 1.64. The van der Waals surface area contributed by atoms with Gasteiger partial charge in [-0.3, -0.25) is 14.9 Å². The number of rotatable bonds is 4. The van der Waals surface area contributed by atoms with Crippen LogP contribution in [0.3, 0.4) is 0 Å². The third-order valence-corrected chi connectivity index (χ3v) is 4.16. The van der Waals surface area contributed by atoms with Gasteiger partial charge in [0.2, 0.25) is 5.91 Å². The summed E-state index contributed by atoms with van der Waals surface area (Å²) in [6.45, 7) is 3.96. The van der Waals surface area contributed by atoms with Crippen LogP contribution in [0.2, 0.25) is 5.02 Å². The van der Waals surface area contributed by atoms with Crippen molar-refractivity contribution in [3.63, 3.8) is 0 Å². The fraction of sp³-hybridized carbons (Fsp3) is 0.111. The first-order chi connectivity index (χ1) is 12.0. The number of carbonyl (C=O) groups excluding carboxylic acids is 1. The van der Waals surface area contributed by atoms with Gasteiger partial charge in [-0.05, 0) is 12.1 Å². The number of anilines is 1. The fourth-order valence-electron chi connectivity index (χ4n) is 2.68. The van der Waals surface area contributed by atoms with E-state index in [4.69, 9.17) is 11.6 Å². The van der Waals surface area contributed by atoms with Gasteiger partial charge in [0.15, 0.2) is 0 Å². The topological polar surface area (TPSA) is 75.8 Å². The zero-order chi connectivity index (χ0) is 18.0. The van der Waals surface area contributed by atoms with E-state index in [-0.39, 0.29) is 24.6 Å². The number of hydrogen-bond acceptors (Lipinski definition) is 4. The van der Waals surface area contributed by atoms with E-state index in [1.165, 1.54) is 23.1 Å². The maximum absolute atomic E-state index is 12.7. The minimum atomic E-state index is -0.491. The summed E-state index contributed by atoms with van der Waals surface area (Å²) in [6, 6.07) is 11.3. The molecular formula is C18H14ClN3O3. The zero-order valence-corrected chi connectivity index (χ0v) is 13.9. The number of hydrogen-bond donors (Lipinski definition) is 0. The molecule has 0 bridgehead atoms. The van der Waals surface area contributed by atoms with E-state index < -0.39 is 4.92 Å². The predicted octanol–water partition coefficient (Wildman–Crippen LogP) is 4.29. The summed E-state index contributed by atoms with van der Waals surface area (Å²) in [7, 11) is 0. The molecule has 7 heteroatoms. The van der Waals surface area contributed by atoms with Gasteiger partial charge in [-0.15, -0.1) is 6.58 Å². The quantitative estimate of drug-likeness (QED) is 0.466. The Morgan fingerprint density at radius 3 is 2.76 bits per heavy atom. The van der Waals surface area contributed by atoms with Crippen LogP contribution in [0.1, 0.15) is 12.0 Å². The maximum atomic E-state index is 12.7. The highest BCUT2D eigenvalue weighted by atomic mass is 35.5. The van der Waals surface area contributed by atoms with Gasteiger partial charge >= 0.3 is 0 Å².